The second-order valence-corrected chi connectivity index (χ2v) is 6.18. The van der Waals surface area contributed by atoms with E-state index in [0.717, 1.165) is 20.1 Å². The van der Waals surface area contributed by atoms with Crippen LogP contribution in [0, 0.1) is 12.7 Å². The summed E-state index contributed by atoms with van der Waals surface area (Å²) in [6.45, 7) is 1.89. The Kier molecular flexibility index (Phi) is 4.76. The third-order valence-corrected chi connectivity index (χ3v) is 4.24. The minimum absolute atomic E-state index is 0.188. The molecule has 0 aliphatic heterocycles. The van der Waals surface area contributed by atoms with E-state index >= 15 is 0 Å². The molecule has 0 saturated carbocycles. The second-order valence-electron chi connectivity index (χ2n) is 4.41. The molecule has 0 bridgehead atoms. The molecule has 0 saturated heterocycles. The molecular weight excluding hydrogens is 373 g/mol. The van der Waals surface area contributed by atoms with Gasteiger partial charge in [-0.1, -0.05) is 44.0 Å². The van der Waals surface area contributed by atoms with Crippen molar-refractivity contribution in [3.05, 3.63) is 67.9 Å². The van der Waals surface area contributed by atoms with Gasteiger partial charge in [0.1, 0.15) is 5.82 Å². The smallest absolute Gasteiger partial charge is 0.128 e. The highest BCUT2D eigenvalue weighted by Gasteiger charge is 2.18. The van der Waals surface area contributed by atoms with Crippen LogP contribution in [0.4, 0.5) is 4.39 Å². The van der Waals surface area contributed by atoms with Crippen molar-refractivity contribution in [2.24, 2.45) is 0 Å². The van der Waals surface area contributed by atoms with Gasteiger partial charge in [-0.25, -0.2) is 4.39 Å². The van der Waals surface area contributed by atoms with E-state index in [0.29, 0.717) is 5.56 Å². The number of halogens is 3. The van der Waals surface area contributed by atoms with E-state index < -0.39 is 0 Å². The van der Waals surface area contributed by atoms with Gasteiger partial charge in [0, 0.05) is 14.5 Å². The topological polar surface area (TPSA) is 12.0 Å². The molecule has 0 aliphatic carbocycles. The fraction of sp³-hybridized carbons (Fsp3) is 0.200. The normalized spacial score (nSPS) is 12.5. The molecular formula is C15H14Br2FN. The van der Waals surface area contributed by atoms with Crippen LogP contribution in [0.3, 0.4) is 0 Å². The molecule has 2 aromatic rings. The molecule has 0 fully saturated rings. The molecule has 0 aromatic heterocycles. The summed E-state index contributed by atoms with van der Waals surface area (Å²) in [6.07, 6.45) is 0. The van der Waals surface area contributed by atoms with Crippen LogP contribution in [0.15, 0.2) is 45.3 Å². The molecule has 1 N–H and O–H groups in total. The molecule has 0 heterocycles. The first-order chi connectivity index (χ1) is 9.02. The Hall–Kier alpha value is -0.710. The molecule has 2 aromatic carbocycles. The van der Waals surface area contributed by atoms with Crippen molar-refractivity contribution < 1.29 is 4.39 Å². The minimum atomic E-state index is -0.189. The van der Waals surface area contributed by atoms with Gasteiger partial charge >= 0.3 is 0 Å². The quantitative estimate of drug-likeness (QED) is 0.785. The van der Waals surface area contributed by atoms with E-state index in [1.165, 1.54) is 0 Å². The molecule has 19 heavy (non-hydrogen) atoms. The number of aryl methyl sites for hydroxylation is 1. The van der Waals surface area contributed by atoms with Gasteiger partial charge < -0.3 is 5.32 Å². The van der Waals surface area contributed by atoms with Crippen molar-refractivity contribution >= 4 is 31.9 Å². The predicted molar refractivity (Wildman–Crippen MR) is 83.9 cm³/mol. The SMILES string of the molecule is CNC(c1ccc(C)cc1F)c1cc(Br)ccc1Br. The van der Waals surface area contributed by atoms with Gasteiger partial charge in [0.25, 0.3) is 0 Å². The minimum Gasteiger partial charge on any atom is -0.309 e. The Morgan fingerprint density at radius 2 is 1.79 bits per heavy atom. The Balaban J connectivity index is 2.52. The molecule has 1 nitrogen and oxygen atoms in total. The zero-order chi connectivity index (χ0) is 14.0. The van der Waals surface area contributed by atoms with Crippen molar-refractivity contribution in [2.45, 2.75) is 13.0 Å². The summed E-state index contributed by atoms with van der Waals surface area (Å²) < 4.78 is 16.1. The fourth-order valence-electron chi connectivity index (χ4n) is 2.08. The third-order valence-electron chi connectivity index (χ3n) is 3.02. The van der Waals surface area contributed by atoms with Crippen molar-refractivity contribution in [1.29, 1.82) is 0 Å². The summed E-state index contributed by atoms with van der Waals surface area (Å²) in [5.41, 5.74) is 2.57. The molecule has 2 rings (SSSR count). The average Bonchev–Trinajstić information content (AvgIpc) is 2.36. The zero-order valence-corrected chi connectivity index (χ0v) is 13.8. The van der Waals surface area contributed by atoms with Crippen molar-refractivity contribution in [1.82, 2.24) is 5.32 Å². The van der Waals surface area contributed by atoms with Gasteiger partial charge in [-0.2, -0.15) is 0 Å². The van der Waals surface area contributed by atoms with Crippen LogP contribution in [0.2, 0.25) is 0 Å². The lowest BCUT2D eigenvalue weighted by molar-refractivity contribution is 0.574. The molecule has 0 radical (unpaired) electrons. The van der Waals surface area contributed by atoms with Gasteiger partial charge in [0.15, 0.2) is 0 Å². The first-order valence-corrected chi connectivity index (χ1v) is 7.50. The molecule has 100 valence electrons. The van der Waals surface area contributed by atoms with E-state index in [1.54, 1.807) is 6.07 Å². The fourth-order valence-corrected chi connectivity index (χ4v) is 2.93. The first kappa shape index (κ1) is 14.7. The number of hydrogen-bond donors (Lipinski definition) is 1. The number of nitrogens with one attached hydrogen (secondary N) is 1. The molecule has 0 amide bonds. The van der Waals surface area contributed by atoms with Crippen LogP contribution in [0.1, 0.15) is 22.7 Å². The van der Waals surface area contributed by atoms with Gasteiger partial charge in [-0.05, 0) is 49.4 Å². The van der Waals surface area contributed by atoms with E-state index in [9.17, 15) is 4.39 Å². The van der Waals surface area contributed by atoms with Crippen molar-refractivity contribution in [2.75, 3.05) is 7.05 Å². The van der Waals surface area contributed by atoms with Crippen LogP contribution >= 0.6 is 31.9 Å². The monoisotopic (exact) mass is 385 g/mol. The Morgan fingerprint density at radius 1 is 1.05 bits per heavy atom. The number of benzene rings is 2. The molecule has 1 atom stereocenters. The summed E-state index contributed by atoms with van der Waals surface area (Å²) >= 11 is 6.98. The van der Waals surface area contributed by atoms with Gasteiger partial charge in [0.05, 0.1) is 6.04 Å². The van der Waals surface area contributed by atoms with Gasteiger partial charge in [-0.3, -0.25) is 0 Å². The van der Waals surface area contributed by atoms with E-state index in [1.807, 2.05) is 44.3 Å². The maximum absolute atomic E-state index is 14.1. The van der Waals surface area contributed by atoms with Crippen LogP contribution < -0.4 is 5.32 Å². The Labute approximate surface area is 129 Å². The average molecular weight is 387 g/mol. The van der Waals surface area contributed by atoms with Crippen molar-refractivity contribution in [3.8, 4) is 0 Å². The summed E-state index contributed by atoms with van der Waals surface area (Å²) in [7, 11) is 1.83. The van der Waals surface area contributed by atoms with Crippen LogP contribution in [0.25, 0.3) is 0 Å². The summed E-state index contributed by atoms with van der Waals surface area (Å²) in [5.74, 6) is -0.189. The van der Waals surface area contributed by atoms with E-state index in [2.05, 4.69) is 37.2 Å². The molecule has 0 aliphatic rings. The highest BCUT2D eigenvalue weighted by Crippen LogP contribution is 2.32. The number of rotatable bonds is 3. The predicted octanol–water partition coefficient (Wildman–Crippen LogP) is 4.97. The molecule has 0 spiro atoms. The Morgan fingerprint density at radius 3 is 2.42 bits per heavy atom. The van der Waals surface area contributed by atoms with Crippen molar-refractivity contribution in [3.63, 3.8) is 0 Å². The van der Waals surface area contributed by atoms with E-state index in [4.69, 9.17) is 0 Å². The standard InChI is InChI=1S/C15H14Br2FN/c1-9-3-5-11(14(18)7-9)15(19-2)12-8-10(16)4-6-13(12)17/h3-8,15,19H,1-2H3. The third kappa shape index (κ3) is 3.25. The Bertz CT molecular complexity index is 599. The maximum atomic E-state index is 14.1. The number of hydrogen-bond acceptors (Lipinski definition) is 1. The molecule has 4 heteroatoms. The van der Waals surface area contributed by atoms with Crippen LogP contribution in [-0.2, 0) is 0 Å². The largest absolute Gasteiger partial charge is 0.309 e. The summed E-state index contributed by atoms with van der Waals surface area (Å²) in [6, 6.07) is 11.0. The van der Waals surface area contributed by atoms with Gasteiger partial charge in [-0.15, -0.1) is 0 Å². The maximum Gasteiger partial charge on any atom is 0.128 e. The van der Waals surface area contributed by atoms with Crippen LogP contribution in [-0.4, -0.2) is 7.05 Å². The molecule has 1 unspecified atom stereocenters. The van der Waals surface area contributed by atoms with E-state index in [-0.39, 0.29) is 11.9 Å². The lowest BCUT2D eigenvalue weighted by atomic mass is 9.97. The zero-order valence-electron chi connectivity index (χ0n) is 10.7. The lowest BCUT2D eigenvalue weighted by Crippen LogP contribution is -2.19. The first-order valence-electron chi connectivity index (χ1n) is 5.91. The highest BCUT2D eigenvalue weighted by molar-refractivity contribution is 9.11. The lowest BCUT2D eigenvalue weighted by Gasteiger charge is -2.20. The highest BCUT2D eigenvalue weighted by atomic mass is 79.9. The van der Waals surface area contributed by atoms with Gasteiger partial charge in [0.2, 0.25) is 0 Å². The summed E-state index contributed by atoms with van der Waals surface area (Å²) in [4.78, 5) is 0. The van der Waals surface area contributed by atoms with Crippen LogP contribution in [0.5, 0.6) is 0 Å². The summed E-state index contributed by atoms with van der Waals surface area (Å²) in [5, 5.41) is 3.17. The second kappa shape index (κ2) is 6.16.